The summed E-state index contributed by atoms with van der Waals surface area (Å²) in [5.74, 6) is 0.0309. The van der Waals surface area contributed by atoms with Crippen molar-refractivity contribution in [1.29, 1.82) is 0 Å². The molecular formula is C29H37F3N2O4. The van der Waals surface area contributed by atoms with Crippen molar-refractivity contribution < 1.29 is 32.9 Å². The molecular weight excluding hydrogens is 497 g/mol. The molecule has 2 unspecified atom stereocenters. The molecule has 6 nitrogen and oxygen atoms in total. The van der Waals surface area contributed by atoms with Gasteiger partial charge in [0, 0.05) is 48.6 Å². The second-order valence-electron chi connectivity index (χ2n) is 11.0. The predicted octanol–water partition coefficient (Wildman–Crippen LogP) is 5.91. The molecule has 1 fully saturated rings. The summed E-state index contributed by atoms with van der Waals surface area (Å²) in [6.07, 6.45) is 1.50. The Kier molecular flexibility index (Phi) is 8.92. The Bertz CT molecular complexity index is 1120. The van der Waals surface area contributed by atoms with Crippen LogP contribution in [0.5, 0.6) is 0 Å². The zero-order chi connectivity index (χ0) is 27.5. The average molecular weight is 535 g/mol. The minimum atomic E-state index is -4.63. The molecule has 208 valence electrons. The van der Waals surface area contributed by atoms with Gasteiger partial charge in [-0.25, -0.2) is 0 Å². The minimum Gasteiger partial charge on any atom is -0.388 e. The fourth-order valence-electron chi connectivity index (χ4n) is 5.74. The van der Waals surface area contributed by atoms with Crippen LogP contribution >= 0.6 is 0 Å². The topological polar surface area (TPSA) is 84.2 Å². The van der Waals surface area contributed by atoms with Gasteiger partial charge in [0.1, 0.15) is 5.70 Å². The lowest BCUT2D eigenvalue weighted by molar-refractivity contribution is -0.0922. The fraction of sp³-hybridized carbons (Fsp3) is 0.586. The molecule has 38 heavy (non-hydrogen) atoms. The maximum atomic E-state index is 13.3. The second-order valence-corrected chi connectivity index (χ2v) is 11.0. The maximum Gasteiger partial charge on any atom is 0.433 e. The molecule has 2 atom stereocenters. The minimum absolute atomic E-state index is 0.0309. The van der Waals surface area contributed by atoms with Crippen molar-refractivity contribution in [3.63, 3.8) is 0 Å². The lowest BCUT2D eigenvalue weighted by atomic mass is 9.71. The van der Waals surface area contributed by atoms with Crippen molar-refractivity contribution in [2.75, 3.05) is 26.4 Å². The van der Waals surface area contributed by atoms with E-state index < -0.39 is 24.1 Å². The number of pyridine rings is 1. The number of hydrogen-bond donors (Lipinski definition) is 2. The van der Waals surface area contributed by atoms with E-state index in [9.17, 15) is 23.4 Å². The van der Waals surface area contributed by atoms with Crippen LogP contribution in [0, 0.1) is 5.41 Å². The Morgan fingerprint density at radius 2 is 2.00 bits per heavy atom. The first-order valence-corrected chi connectivity index (χ1v) is 13.2. The summed E-state index contributed by atoms with van der Waals surface area (Å²) < 4.78 is 51.0. The number of rotatable bonds is 7. The molecule has 0 spiro atoms. The third-order valence-corrected chi connectivity index (χ3v) is 7.46. The normalized spacial score (nSPS) is 23.7. The van der Waals surface area contributed by atoms with E-state index in [-0.39, 0.29) is 17.8 Å². The molecule has 1 aromatic heterocycles. The molecule has 4 rings (SSSR count). The SMILES string of the molecule is C=C/C=C(\N=CCC(O)c1c(C2CCOCC2)nc2c(c1C1=CCOCC1)C(O)CC(C)(C)C2)C(F)(F)F. The number of aliphatic hydroxyl groups excluding tert-OH is 2. The van der Waals surface area contributed by atoms with Gasteiger partial charge in [0.05, 0.1) is 31.1 Å². The third kappa shape index (κ3) is 6.45. The van der Waals surface area contributed by atoms with Crippen molar-refractivity contribution in [1.82, 2.24) is 4.98 Å². The Morgan fingerprint density at radius 1 is 1.26 bits per heavy atom. The van der Waals surface area contributed by atoms with Crippen LogP contribution in [0.3, 0.4) is 0 Å². The predicted molar refractivity (Wildman–Crippen MR) is 140 cm³/mol. The van der Waals surface area contributed by atoms with Crippen molar-refractivity contribution in [3.8, 4) is 0 Å². The maximum absolute atomic E-state index is 13.3. The van der Waals surface area contributed by atoms with E-state index in [0.717, 1.165) is 59.3 Å². The first-order valence-electron chi connectivity index (χ1n) is 13.2. The van der Waals surface area contributed by atoms with Crippen LogP contribution in [0.1, 0.15) is 92.2 Å². The summed E-state index contributed by atoms with van der Waals surface area (Å²) in [7, 11) is 0. The summed E-state index contributed by atoms with van der Waals surface area (Å²) in [5, 5.41) is 22.9. The quantitative estimate of drug-likeness (QED) is 0.336. The summed E-state index contributed by atoms with van der Waals surface area (Å²) in [6, 6.07) is 0. The van der Waals surface area contributed by atoms with Crippen LogP contribution in [0.2, 0.25) is 0 Å². The Morgan fingerprint density at radius 3 is 2.63 bits per heavy atom. The van der Waals surface area contributed by atoms with Gasteiger partial charge < -0.3 is 19.7 Å². The highest BCUT2D eigenvalue weighted by Gasteiger charge is 2.39. The van der Waals surface area contributed by atoms with E-state index in [1.165, 1.54) is 0 Å². The molecule has 0 radical (unpaired) electrons. The number of ether oxygens (including phenoxy) is 2. The van der Waals surface area contributed by atoms with Crippen molar-refractivity contribution in [2.45, 2.75) is 76.7 Å². The number of halogens is 3. The molecule has 2 N–H and O–H groups in total. The fourth-order valence-corrected chi connectivity index (χ4v) is 5.74. The van der Waals surface area contributed by atoms with Gasteiger partial charge in [0.2, 0.25) is 0 Å². The molecule has 1 saturated heterocycles. The molecule has 2 aliphatic heterocycles. The third-order valence-electron chi connectivity index (χ3n) is 7.46. The molecule has 0 aromatic carbocycles. The van der Waals surface area contributed by atoms with Gasteiger partial charge >= 0.3 is 6.18 Å². The lowest BCUT2D eigenvalue weighted by Gasteiger charge is -2.38. The van der Waals surface area contributed by atoms with Crippen LogP contribution in [0.15, 0.2) is 35.5 Å². The van der Waals surface area contributed by atoms with Crippen molar-refractivity contribution in [2.24, 2.45) is 10.4 Å². The van der Waals surface area contributed by atoms with Crippen LogP contribution in [0.4, 0.5) is 13.2 Å². The number of alkyl halides is 3. The van der Waals surface area contributed by atoms with Gasteiger partial charge in [-0.2, -0.15) is 13.2 Å². The van der Waals surface area contributed by atoms with Crippen LogP contribution in [-0.4, -0.2) is 54.0 Å². The molecule has 0 bridgehead atoms. The standard InChI is InChI=1S/C29H37F3N2O4/c1-4-5-23(29(30,31)32)33-11-6-21(35)26-24(18-7-12-37-13-8-18)25-20(16-28(2,3)17-22(25)36)34-27(26)19-9-14-38-15-10-19/h4-5,7,11,19,21-22,35-36H,1,6,8-10,12-17H2,2-3H3/b23-5-,33-11?. The molecule has 3 aliphatic rings. The van der Waals surface area contributed by atoms with E-state index in [2.05, 4.69) is 25.4 Å². The van der Waals surface area contributed by atoms with E-state index in [0.29, 0.717) is 51.3 Å². The lowest BCUT2D eigenvalue weighted by Crippen LogP contribution is -2.30. The van der Waals surface area contributed by atoms with Gasteiger partial charge in [0.25, 0.3) is 0 Å². The largest absolute Gasteiger partial charge is 0.433 e. The van der Waals surface area contributed by atoms with Gasteiger partial charge in [-0.15, -0.1) is 0 Å². The van der Waals surface area contributed by atoms with E-state index in [1.54, 1.807) is 0 Å². The Hall–Kier alpha value is -2.33. The summed E-state index contributed by atoms with van der Waals surface area (Å²) in [6.45, 7) is 9.61. The van der Waals surface area contributed by atoms with Gasteiger partial charge in [0.15, 0.2) is 0 Å². The van der Waals surface area contributed by atoms with Crippen LogP contribution < -0.4 is 0 Å². The number of nitrogens with zero attached hydrogens (tertiary/aromatic N) is 2. The van der Waals surface area contributed by atoms with Crippen LogP contribution in [-0.2, 0) is 15.9 Å². The van der Waals surface area contributed by atoms with Gasteiger partial charge in [-0.05, 0) is 54.7 Å². The highest BCUT2D eigenvalue weighted by atomic mass is 19.4. The number of aliphatic imine (C=N–C) groups is 1. The van der Waals surface area contributed by atoms with Gasteiger partial charge in [-0.1, -0.05) is 32.6 Å². The zero-order valence-corrected chi connectivity index (χ0v) is 22.1. The summed E-state index contributed by atoms with van der Waals surface area (Å²) in [4.78, 5) is 8.70. The number of hydrogen-bond acceptors (Lipinski definition) is 6. The summed E-state index contributed by atoms with van der Waals surface area (Å²) in [5.41, 5.74) is 3.40. The highest BCUT2D eigenvalue weighted by molar-refractivity contribution is 5.75. The molecule has 9 heteroatoms. The zero-order valence-electron chi connectivity index (χ0n) is 22.1. The van der Waals surface area contributed by atoms with Crippen molar-refractivity contribution >= 4 is 11.8 Å². The van der Waals surface area contributed by atoms with Crippen molar-refractivity contribution in [3.05, 3.63) is 58.6 Å². The van der Waals surface area contributed by atoms with E-state index in [1.807, 2.05) is 6.08 Å². The number of allylic oxidation sites excluding steroid dienone is 3. The smallest absolute Gasteiger partial charge is 0.388 e. The second kappa shape index (κ2) is 11.8. The van der Waals surface area contributed by atoms with Gasteiger partial charge in [-0.3, -0.25) is 9.98 Å². The molecule has 0 saturated carbocycles. The number of fused-ring (bicyclic) bond motifs is 1. The number of aliphatic hydroxyl groups is 2. The molecule has 0 amide bonds. The van der Waals surface area contributed by atoms with E-state index >= 15 is 0 Å². The first kappa shape index (κ1) is 28.7. The molecule has 1 aromatic rings. The van der Waals surface area contributed by atoms with Crippen LogP contribution in [0.25, 0.3) is 5.57 Å². The molecule has 1 aliphatic carbocycles. The average Bonchev–Trinajstić information content (AvgIpc) is 2.86. The molecule has 3 heterocycles. The number of aromatic nitrogens is 1. The summed E-state index contributed by atoms with van der Waals surface area (Å²) >= 11 is 0. The van der Waals surface area contributed by atoms with E-state index in [4.69, 9.17) is 14.5 Å². The Balaban J connectivity index is 1.86. The Labute approximate surface area is 222 Å². The highest BCUT2D eigenvalue weighted by Crippen LogP contribution is 2.48. The monoisotopic (exact) mass is 534 g/mol. The first-order chi connectivity index (χ1) is 18.0.